The number of phenols is 1. The number of hydrogen-bond acceptors (Lipinski definition) is 1. The molecule has 4 rings (SSSR count). The van der Waals surface area contributed by atoms with Gasteiger partial charge in [-0.05, 0) is 59.5 Å². The summed E-state index contributed by atoms with van der Waals surface area (Å²) in [6.07, 6.45) is 0. The highest BCUT2D eigenvalue weighted by Crippen LogP contribution is 2.47. The molecule has 0 saturated carbocycles. The Morgan fingerprint density at radius 1 is 0.650 bits per heavy atom. The van der Waals surface area contributed by atoms with Crippen LogP contribution >= 0.6 is 47.8 Å². The first-order chi connectivity index (χ1) is 9.59. The first-order valence-electron chi connectivity index (χ1n) is 6.02. The monoisotopic (exact) mass is 452 g/mol. The van der Waals surface area contributed by atoms with Gasteiger partial charge in [0.15, 0.2) is 0 Å². The van der Waals surface area contributed by atoms with Crippen molar-refractivity contribution in [3.8, 4) is 5.75 Å². The topological polar surface area (TPSA) is 20.2 Å². The van der Waals surface area contributed by atoms with E-state index in [0.29, 0.717) is 0 Å². The van der Waals surface area contributed by atoms with Crippen LogP contribution in [0.4, 0.5) is 0 Å². The van der Waals surface area contributed by atoms with Crippen LogP contribution in [-0.2, 0) is 0 Å². The van der Waals surface area contributed by atoms with Crippen LogP contribution in [0.1, 0.15) is 0 Å². The Balaban J connectivity index is 2.46. The molecule has 0 fully saturated rings. The standard InChI is InChI=1S/C16H7Br3O/c17-11-6-2-7-1-3-9-13-10(5-4-8(11)12(7)13)15(19)16(20)14(9)18/h1-6,20H. The summed E-state index contributed by atoms with van der Waals surface area (Å²) >= 11 is 10.6. The summed E-state index contributed by atoms with van der Waals surface area (Å²) in [6, 6.07) is 12.5. The molecule has 0 aliphatic heterocycles. The van der Waals surface area contributed by atoms with Gasteiger partial charge >= 0.3 is 0 Å². The third-order valence-corrected chi connectivity index (χ3v) is 6.05. The lowest BCUT2D eigenvalue weighted by Crippen LogP contribution is -1.87. The second-order valence-electron chi connectivity index (χ2n) is 4.77. The maximum absolute atomic E-state index is 10.2. The summed E-state index contributed by atoms with van der Waals surface area (Å²) in [7, 11) is 0. The van der Waals surface area contributed by atoms with Gasteiger partial charge in [0.05, 0.1) is 8.95 Å². The van der Waals surface area contributed by atoms with Crippen molar-refractivity contribution in [2.24, 2.45) is 0 Å². The van der Waals surface area contributed by atoms with Gasteiger partial charge < -0.3 is 5.11 Å². The van der Waals surface area contributed by atoms with Crippen LogP contribution in [0.5, 0.6) is 5.75 Å². The number of rotatable bonds is 0. The van der Waals surface area contributed by atoms with Crippen molar-refractivity contribution in [3.05, 3.63) is 49.8 Å². The van der Waals surface area contributed by atoms with Crippen molar-refractivity contribution in [2.45, 2.75) is 0 Å². The van der Waals surface area contributed by atoms with E-state index in [-0.39, 0.29) is 5.75 Å². The van der Waals surface area contributed by atoms with E-state index < -0.39 is 0 Å². The predicted octanol–water partition coefficient (Wildman–Crippen LogP) is 6.58. The van der Waals surface area contributed by atoms with E-state index in [4.69, 9.17) is 0 Å². The Morgan fingerprint density at radius 2 is 1.20 bits per heavy atom. The van der Waals surface area contributed by atoms with E-state index in [0.717, 1.165) is 29.6 Å². The molecule has 0 saturated heterocycles. The fourth-order valence-electron chi connectivity index (χ4n) is 2.83. The molecule has 0 aliphatic rings. The van der Waals surface area contributed by atoms with Gasteiger partial charge in [-0.2, -0.15) is 0 Å². The zero-order valence-electron chi connectivity index (χ0n) is 10.0. The second kappa shape index (κ2) is 4.33. The molecule has 0 bridgehead atoms. The molecule has 98 valence electrons. The Hall–Kier alpha value is -0.840. The van der Waals surface area contributed by atoms with Crippen LogP contribution in [0, 0.1) is 0 Å². The number of benzene rings is 4. The van der Waals surface area contributed by atoms with Crippen LogP contribution in [0.3, 0.4) is 0 Å². The molecule has 1 nitrogen and oxygen atoms in total. The summed E-state index contributed by atoms with van der Waals surface area (Å²) in [5.74, 6) is 0.245. The fourth-order valence-corrected chi connectivity index (χ4v) is 4.62. The quantitative estimate of drug-likeness (QED) is 0.298. The van der Waals surface area contributed by atoms with E-state index in [9.17, 15) is 5.11 Å². The first kappa shape index (κ1) is 12.9. The van der Waals surface area contributed by atoms with E-state index >= 15 is 0 Å². The third-order valence-electron chi connectivity index (χ3n) is 3.75. The summed E-state index contributed by atoms with van der Waals surface area (Å²) in [4.78, 5) is 0. The Kier molecular flexibility index (Phi) is 2.78. The molecule has 4 heteroatoms. The molecule has 0 aromatic heterocycles. The molecule has 0 radical (unpaired) electrons. The molecule has 1 N–H and O–H groups in total. The van der Waals surface area contributed by atoms with Crippen molar-refractivity contribution in [2.75, 3.05) is 0 Å². The van der Waals surface area contributed by atoms with Crippen LogP contribution < -0.4 is 0 Å². The molecule has 4 aromatic carbocycles. The molecular weight excluding hydrogens is 448 g/mol. The van der Waals surface area contributed by atoms with Gasteiger partial charge in [0.25, 0.3) is 0 Å². The third kappa shape index (κ3) is 1.53. The number of aromatic hydroxyl groups is 1. The molecular formula is C16H7Br3O. The highest BCUT2D eigenvalue weighted by molar-refractivity contribution is 9.11. The maximum Gasteiger partial charge on any atom is 0.145 e. The zero-order valence-corrected chi connectivity index (χ0v) is 14.8. The van der Waals surface area contributed by atoms with Gasteiger partial charge in [-0.3, -0.25) is 0 Å². The molecule has 0 aliphatic carbocycles. The predicted molar refractivity (Wildman–Crippen MR) is 94.9 cm³/mol. The Bertz CT molecular complexity index is 967. The molecule has 0 spiro atoms. The number of hydrogen-bond donors (Lipinski definition) is 1. The zero-order chi connectivity index (χ0) is 14.0. The molecule has 20 heavy (non-hydrogen) atoms. The van der Waals surface area contributed by atoms with Crippen molar-refractivity contribution in [3.63, 3.8) is 0 Å². The second-order valence-corrected chi connectivity index (χ2v) is 7.21. The van der Waals surface area contributed by atoms with Gasteiger partial charge in [0, 0.05) is 15.2 Å². The normalized spacial score (nSPS) is 11.9. The smallest absolute Gasteiger partial charge is 0.145 e. The van der Waals surface area contributed by atoms with Crippen LogP contribution in [0.15, 0.2) is 49.8 Å². The summed E-state index contributed by atoms with van der Waals surface area (Å²) in [5, 5.41) is 17.0. The van der Waals surface area contributed by atoms with Crippen LogP contribution in [0.2, 0.25) is 0 Å². The minimum absolute atomic E-state index is 0.245. The molecule has 0 amide bonds. The maximum atomic E-state index is 10.2. The van der Waals surface area contributed by atoms with Gasteiger partial charge in [0.1, 0.15) is 5.75 Å². The highest BCUT2D eigenvalue weighted by atomic mass is 79.9. The summed E-state index contributed by atoms with van der Waals surface area (Å²) < 4.78 is 2.54. The van der Waals surface area contributed by atoms with Gasteiger partial charge in [-0.1, -0.05) is 46.3 Å². The van der Waals surface area contributed by atoms with E-state index in [1.54, 1.807) is 0 Å². The van der Waals surface area contributed by atoms with E-state index in [2.05, 4.69) is 72.1 Å². The largest absolute Gasteiger partial charge is 0.506 e. The van der Waals surface area contributed by atoms with Crippen LogP contribution in [-0.4, -0.2) is 5.11 Å². The number of halogens is 3. The SMILES string of the molecule is Oc1c(Br)c2ccc3ccc(Br)c4ccc(c1Br)c2c34. The lowest BCUT2D eigenvalue weighted by molar-refractivity contribution is 0.470. The Morgan fingerprint density at radius 3 is 1.90 bits per heavy atom. The van der Waals surface area contributed by atoms with Crippen molar-refractivity contribution in [1.29, 1.82) is 0 Å². The lowest BCUT2D eigenvalue weighted by Gasteiger charge is -2.15. The average molecular weight is 455 g/mol. The number of phenolic OH excluding ortho intramolecular Hbond substituents is 1. The average Bonchev–Trinajstić information content (AvgIpc) is 2.47. The van der Waals surface area contributed by atoms with Crippen LogP contribution in [0.25, 0.3) is 32.3 Å². The lowest BCUT2D eigenvalue weighted by atomic mass is 9.94. The van der Waals surface area contributed by atoms with Gasteiger partial charge in [0.2, 0.25) is 0 Å². The van der Waals surface area contributed by atoms with Crippen molar-refractivity contribution >= 4 is 80.1 Å². The fraction of sp³-hybridized carbons (Fsp3) is 0. The van der Waals surface area contributed by atoms with E-state index in [1.807, 2.05) is 12.1 Å². The van der Waals surface area contributed by atoms with Gasteiger partial charge in [-0.15, -0.1) is 0 Å². The molecule has 0 atom stereocenters. The summed E-state index contributed by atoms with van der Waals surface area (Å²) in [6.45, 7) is 0. The van der Waals surface area contributed by atoms with E-state index in [1.165, 1.54) is 16.2 Å². The minimum Gasteiger partial charge on any atom is -0.506 e. The minimum atomic E-state index is 0.245. The highest BCUT2D eigenvalue weighted by Gasteiger charge is 2.17. The molecule has 4 aromatic rings. The van der Waals surface area contributed by atoms with Gasteiger partial charge in [-0.25, -0.2) is 0 Å². The van der Waals surface area contributed by atoms with Crippen molar-refractivity contribution in [1.82, 2.24) is 0 Å². The molecule has 0 unspecified atom stereocenters. The molecule has 0 heterocycles. The Labute approximate surface area is 140 Å². The van der Waals surface area contributed by atoms with Crippen molar-refractivity contribution < 1.29 is 5.11 Å². The summed E-state index contributed by atoms with van der Waals surface area (Å²) in [5.41, 5.74) is 0. The first-order valence-corrected chi connectivity index (χ1v) is 8.40.